The van der Waals surface area contributed by atoms with Crippen LogP contribution in [-0.4, -0.2) is 18.4 Å². The highest BCUT2D eigenvalue weighted by molar-refractivity contribution is 7.92. The topological polar surface area (TPSA) is 24.5 Å². The molecular weight excluding hydrogens is 196 g/mol. The fourth-order valence-corrected chi connectivity index (χ4v) is 1.05. The van der Waals surface area contributed by atoms with Crippen molar-refractivity contribution < 1.29 is 4.28 Å². The average Bonchev–Trinajstić information content (AvgIpc) is 2.25. The summed E-state index contributed by atoms with van der Waals surface area (Å²) in [5, 5.41) is 0. The Bertz CT molecular complexity index is 318. The molecule has 4 heteroatoms. The predicted molar refractivity (Wildman–Crippen MR) is 58.8 cm³/mol. The van der Waals surface area contributed by atoms with Crippen molar-refractivity contribution >= 4 is 12.2 Å². The van der Waals surface area contributed by atoms with Crippen LogP contribution in [0.25, 0.3) is 0 Å². The van der Waals surface area contributed by atoms with Crippen molar-refractivity contribution in [3.63, 3.8) is 0 Å². The summed E-state index contributed by atoms with van der Waals surface area (Å²) in [5.41, 5.74) is 3.54. The molecule has 1 aromatic carbocycles. The van der Waals surface area contributed by atoms with Gasteiger partial charge in [-0.15, -0.1) is 0 Å². The molecule has 0 aliphatic carbocycles. The molecular formula is C10H12N2OS. The van der Waals surface area contributed by atoms with Crippen LogP contribution >= 0.6 is 12.2 Å². The number of hydroxylamine groups is 1. The predicted octanol–water partition coefficient (Wildman–Crippen LogP) is 1.64. The van der Waals surface area contributed by atoms with E-state index in [4.69, 9.17) is 4.28 Å². The van der Waals surface area contributed by atoms with Crippen molar-refractivity contribution in [2.24, 2.45) is 0 Å². The lowest BCUT2D eigenvalue weighted by Gasteiger charge is -2.05. The minimum Gasteiger partial charge on any atom is -0.253 e. The highest BCUT2D eigenvalue weighted by Crippen LogP contribution is 2.03. The van der Waals surface area contributed by atoms with Crippen LogP contribution in [0.4, 0.5) is 0 Å². The molecule has 0 unspecified atom stereocenters. The zero-order chi connectivity index (χ0) is 10.2. The van der Waals surface area contributed by atoms with Gasteiger partial charge in [-0.25, -0.2) is 4.28 Å². The summed E-state index contributed by atoms with van der Waals surface area (Å²) >= 11 is 1.14. The summed E-state index contributed by atoms with van der Waals surface area (Å²) < 4.78 is 6.56. The first-order chi connectivity index (χ1) is 6.83. The second-order valence-electron chi connectivity index (χ2n) is 2.46. The molecule has 1 aromatic rings. The van der Waals surface area contributed by atoms with Gasteiger partial charge in [-0.3, -0.25) is 4.31 Å². The van der Waals surface area contributed by atoms with Gasteiger partial charge in [0.2, 0.25) is 0 Å². The summed E-state index contributed by atoms with van der Waals surface area (Å²) in [6.45, 7) is 0. The summed E-state index contributed by atoms with van der Waals surface area (Å²) in [7, 11) is 3.53. The van der Waals surface area contributed by atoms with E-state index in [2.05, 4.69) is 17.4 Å². The Morgan fingerprint density at radius 2 is 2.07 bits per heavy atom. The standard InChI is InChI=1S/C10H12N2OS/c1-11-13-14-12(2)9-8-10-6-4-3-5-7-10/h3-7,11H,1-2H3. The fourth-order valence-electron chi connectivity index (χ4n) is 0.777. The van der Waals surface area contributed by atoms with Crippen molar-refractivity contribution in [3.8, 4) is 12.0 Å². The first-order valence-electron chi connectivity index (χ1n) is 4.13. The Morgan fingerprint density at radius 3 is 2.71 bits per heavy atom. The quantitative estimate of drug-likeness (QED) is 0.268. The van der Waals surface area contributed by atoms with Crippen LogP contribution in [0, 0.1) is 12.0 Å². The molecule has 0 saturated heterocycles. The Hall–Kier alpha value is -1.15. The second kappa shape index (κ2) is 6.33. The zero-order valence-electron chi connectivity index (χ0n) is 8.15. The van der Waals surface area contributed by atoms with Crippen LogP contribution in [0.2, 0.25) is 0 Å². The third-order valence-corrected chi connectivity index (χ3v) is 1.92. The largest absolute Gasteiger partial charge is 0.253 e. The van der Waals surface area contributed by atoms with Crippen LogP contribution in [0.1, 0.15) is 5.56 Å². The van der Waals surface area contributed by atoms with E-state index in [-0.39, 0.29) is 0 Å². The fraction of sp³-hybridized carbons (Fsp3) is 0.200. The average molecular weight is 208 g/mol. The number of hydrogen-bond acceptors (Lipinski definition) is 4. The van der Waals surface area contributed by atoms with E-state index < -0.39 is 0 Å². The zero-order valence-corrected chi connectivity index (χ0v) is 8.97. The van der Waals surface area contributed by atoms with E-state index >= 15 is 0 Å². The molecule has 0 heterocycles. The Kier molecular flexibility index (Phi) is 4.94. The minimum atomic E-state index is 0.990. The van der Waals surface area contributed by atoms with Crippen LogP contribution in [-0.2, 0) is 4.28 Å². The van der Waals surface area contributed by atoms with Crippen LogP contribution in [0.15, 0.2) is 30.3 Å². The van der Waals surface area contributed by atoms with Gasteiger partial charge in [0.25, 0.3) is 0 Å². The molecule has 0 radical (unpaired) electrons. The van der Waals surface area contributed by atoms with Crippen molar-refractivity contribution in [3.05, 3.63) is 35.9 Å². The van der Waals surface area contributed by atoms with Crippen molar-refractivity contribution in [2.45, 2.75) is 0 Å². The lowest BCUT2D eigenvalue weighted by Crippen LogP contribution is -2.07. The van der Waals surface area contributed by atoms with Crippen molar-refractivity contribution in [1.29, 1.82) is 0 Å². The van der Waals surface area contributed by atoms with Gasteiger partial charge in [0, 0.05) is 25.7 Å². The number of nitrogens with zero attached hydrogens (tertiary/aromatic N) is 1. The summed E-state index contributed by atoms with van der Waals surface area (Å²) in [5.74, 6) is 3.00. The number of nitrogens with one attached hydrogen (secondary N) is 1. The Morgan fingerprint density at radius 1 is 1.36 bits per heavy atom. The van der Waals surface area contributed by atoms with E-state index in [1.54, 1.807) is 11.4 Å². The first kappa shape index (κ1) is 10.9. The molecule has 1 rings (SSSR count). The van der Waals surface area contributed by atoms with Crippen molar-refractivity contribution in [2.75, 3.05) is 14.1 Å². The molecule has 0 spiro atoms. The molecule has 0 aromatic heterocycles. The van der Waals surface area contributed by atoms with Gasteiger partial charge in [-0.05, 0) is 18.1 Å². The molecule has 0 fully saturated rings. The highest BCUT2D eigenvalue weighted by atomic mass is 32.2. The first-order valence-corrected chi connectivity index (χ1v) is 4.83. The Balaban J connectivity index is 2.47. The highest BCUT2D eigenvalue weighted by Gasteiger charge is 1.90. The third kappa shape index (κ3) is 4.19. The molecule has 0 bridgehead atoms. The maximum absolute atomic E-state index is 4.87. The number of rotatable bonds is 3. The number of benzene rings is 1. The normalized spacial score (nSPS) is 9.00. The Labute approximate surface area is 88.7 Å². The van der Waals surface area contributed by atoms with Gasteiger partial charge in [-0.1, -0.05) is 18.2 Å². The number of hydrogen-bond donors (Lipinski definition) is 1. The van der Waals surface area contributed by atoms with E-state index in [9.17, 15) is 0 Å². The molecule has 0 atom stereocenters. The van der Waals surface area contributed by atoms with Crippen molar-refractivity contribution in [1.82, 2.24) is 9.79 Å². The van der Waals surface area contributed by atoms with E-state index in [1.807, 2.05) is 37.4 Å². The molecule has 0 amide bonds. The second-order valence-corrected chi connectivity index (χ2v) is 3.33. The van der Waals surface area contributed by atoms with Gasteiger partial charge in [0.1, 0.15) is 12.2 Å². The lowest BCUT2D eigenvalue weighted by atomic mass is 10.2. The van der Waals surface area contributed by atoms with Gasteiger partial charge in [-0.2, -0.15) is 5.48 Å². The summed E-state index contributed by atoms with van der Waals surface area (Å²) in [4.78, 5) is 0. The molecule has 1 N–H and O–H groups in total. The maximum Gasteiger partial charge on any atom is 0.143 e. The smallest absolute Gasteiger partial charge is 0.143 e. The third-order valence-electron chi connectivity index (χ3n) is 1.36. The summed E-state index contributed by atoms with van der Waals surface area (Å²) in [6.07, 6.45) is 0. The molecule has 3 nitrogen and oxygen atoms in total. The van der Waals surface area contributed by atoms with Gasteiger partial charge in [0.05, 0.1) is 0 Å². The monoisotopic (exact) mass is 208 g/mol. The van der Waals surface area contributed by atoms with Crippen LogP contribution in [0.3, 0.4) is 0 Å². The van der Waals surface area contributed by atoms with Crippen LogP contribution in [0.5, 0.6) is 0 Å². The minimum absolute atomic E-state index is 0.990. The molecule has 0 aliphatic rings. The molecule has 74 valence electrons. The van der Waals surface area contributed by atoms with E-state index in [0.29, 0.717) is 0 Å². The van der Waals surface area contributed by atoms with Crippen LogP contribution < -0.4 is 5.48 Å². The maximum atomic E-state index is 4.87. The van der Waals surface area contributed by atoms with Gasteiger partial charge < -0.3 is 0 Å². The lowest BCUT2D eigenvalue weighted by molar-refractivity contribution is 0.262. The van der Waals surface area contributed by atoms with E-state index in [0.717, 1.165) is 17.8 Å². The van der Waals surface area contributed by atoms with E-state index in [1.165, 1.54) is 0 Å². The SMILES string of the molecule is CNOSN(C)C#Cc1ccccc1. The van der Waals surface area contributed by atoms with Gasteiger partial charge in [0.15, 0.2) is 0 Å². The molecule has 0 saturated carbocycles. The van der Waals surface area contributed by atoms with Gasteiger partial charge >= 0.3 is 0 Å². The molecule has 0 aliphatic heterocycles. The summed E-state index contributed by atoms with van der Waals surface area (Å²) in [6, 6.07) is 12.7. The molecule has 14 heavy (non-hydrogen) atoms.